The number of aliphatic carboxylic acids is 1. The molecule has 0 amide bonds. The van der Waals surface area contributed by atoms with E-state index in [1.54, 1.807) is 0 Å². The predicted molar refractivity (Wildman–Crippen MR) is 49.4 cm³/mol. The molecule has 13 heavy (non-hydrogen) atoms. The number of rotatable bonds is 1. The van der Waals surface area contributed by atoms with Gasteiger partial charge in [-0.2, -0.15) is 0 Å². The van der Waals surface area contributed by atoms with Crippen molar-refractivity contribution in [1.82, 2.24) is 4.90 Å². The molecule has 0 spiro atoms. The maximum Gasteiger partial charge on any atom is 0.321 e. The molecule has 0 fully saturated rings. The fourth-order valence-electron chi connectivity index (χ4n) is 1.99. The van der Waals surface area contributed by atoms with Gasteiger partial charge in [0, 0.05) is 12.6 Å². The summed E-state index contributed by atoms with van der Waals surface area (Å²) in [7, 11) is 0. The van der Waals surface area contributed by atoms with Gasteiger partial charge in [-0.1, -0.05) is 24.3 Å². The Hall–Kier alpha value is -1.09. The van der Waals surface area contributed by atoms with E-state index >= 15 is 0 Å². The Morgan fingerprint density at radius 2 is 2.15 bits per heavy atom. The zero-order chi connectivity index (χ0) is 9.26. The van der Waals surface area contributed by atoms with Crippen LogP contribution in [0.4, 0.5) is 0 Å². The first kappa shape index (κ1) is 8.51. The van der Waals surface area contributed by atoms with Crippen LogP contribution in [0.25, 0.3) is 0 Å². The van der Waals surface area contributed by atoms with Gasteiger partial charge in [0.15, 0.2) is 0 Å². The topological polar surface area (TPSA) is 40.5 Å². The summed E-state index contributed by atoms with van der Waals surface area (Å²) >= 11 is 0. The van der Waals surface area contributed by atoms with Crippen LogP contribution in [0.2, 0.25) is 0 Å². The van der Waals surface area contributed by atoms with Crippen LogP contribution in [0.1, 0.15) is 12.8 Å². The molecule has 3 heteroatoms. The van der Waals surface area contributed by atoms with Gasteiger partial charge in [0.2, 0.25) is 0 Å². The molecule has 0 aromatic carbocycles. The van der Waals surface area contributed by atoms with Gasteiger partial charge >= 0.3 is 5.97 Å². The second-order valence-corrected chi connectivity index (χ2v) is 3.49. The van der Waals surface area contributed by atoms with Crippen molar-refractivity contribution in [1.29, 1.82) is 0 Å². The lowest BCUT2D eigenvalue weighted by atomic mass is 9.97. The van der Waals surface area contributed by atoms with Crippen molar-refractivity contribution in [2.75, 3.05) is 6.54 Å². The Bertz CT molecular complexity index is 270. The summed E-state index contributed by atoms with van der Waals surface area (Å²) in [6.45, 7) is 0.770. The molecule has 0 aromatic heterocycles. The van der Waals surface area contributed by atoms with Gasteiger partial charge in [0.1, 0.15) is 6.04 Å². The number of fused-ring (bicyclic) bond motifs is 1. The monoisotopic (exact) mass is 179 g/mol. The zero-order valence-corrected chi connectivity index (χ0v) is 7.39. The largest absolute Gasteiger partial charge is 0.480 e. The molecular formula is C10H13NO2. The molecule has 1 N–H and O–H groups in total. The van der Waals surface area contributed by atoms with Gasteiger partial charge in [0.25, 0.3) is 0 Å². The minimum atomic E-state index is -0.704. The van der Waals surface area contributed by atoms with E-state index < -0.39 is 5.97 Å². The van der Waals surface area contributed by atoms with E-state index in [-0.39, 0.29) is 6.04 Å². The third-order valence-corrected chi connectivity index (χ3v) is 2.69. The average molecular weight is 179 g/mol. The van der Waals surface area contributed by atoms with Crippen LogP contribution in [-0.2, 0) is 4.79 Å². The first-order valence-corrected chi connectivity index (χ1v) is 4.59. The van der Waals surface area contributed by atoms with Gasteiger partial charge in [-0.05, 0) is 12.8 Å². The Balaban J connectivity index is 2.19. The maximum atomic E-state index is 10.9. The molecule has 0 aromatic rings. The van der Waals surface area contributed by atoms with Gasteiger partial charge in [-0.3, -0.25) is 9.69 Å². The summed E-state index contributed by atoms with van der Waals surface area (Å²) in [6.07, 6.45) is 9.85. The molecule has 2 heterocycles. The summed E-state index contributed by atoms with van der Waals surface area (Å²) in [4.78, 5) is 13.0. The average Bonchev–Trinajstić information content (AvgIpc) is 2.17. The summed E-state index contributed by atoms with van der Waals surface area (Å²) in [5.74, 6) is -0.704. The summed E-state index contributed by atoms with van der Waals surface area (Å²) < 4.78 is 0. The van der Waals surface area contributed by atoms with Crippen molar-refractivity contribution in [3.8, 4) is 0 Å². The number of hydrogen-bond donors (Lipinski definition) is 1. The number of carboxylic acid groups (broad SMARTS) is 1. The summed E-state index contributed by atoms with van der Waals surface area (Å²) in [6, 6.07) is -0.0141. The van der Waals surface area contributed by atoms with E-state index in [4.69, 9.17) is 5.11 Å². The number of carbonyl (C=O) groups is 1. The molecule has 70 valence electrons. The minimum absolute atomic E-state index is 0.305. The van der Waals surface area contributed by atoms with Crippen molar-refractivity contribution in [3.63, 3.8) is 0 Å². The van der Waals surface area contributed by atoms with Crippen LogP contribution in [0.15, 0.2) is 24.3 Å². The second-order valence-electron chi connectivity index (χ2n) is 3.49. The first-order valence-electron chi connectivity index (χ1n) is 4.59. The molecule has 0 radical (unpaired) electrons. The van der Waals surface area contributed by atoms with Crippen molar-refractivity contribution >= 4 is 5.97 Å². The van der Waals surface area contributed by atoms with E-state index in [9.17, 15) is 4.79 Å². The Labute approximate surface area is 77.3 Å². The lowest BCUT2D eigenvalue weighted by Crippen LogP contribution is -2.49. The lowest BCUT2D eigenvalue weighted by Gasteiger charge is -2.37. The molecule has 2 aliphatic rings. The minimum Gasteiger partial charge on any atom is -0.480 e. The molecule has 0 aliphatic carbocycles. The van der Waals surface area contributed by atoms with Crippen LogP contribution in [0.5, 0.6) is 0 Å². The summed E-state index contributed by atoms with van der Waals surface area (Å²) in [5, 5.41) is 8.98. The van der Waals surface area contributed by atoms with E-state index in [0.717, 1.165) is 13.0 Å². The lowest BCUT2D eigenvalue weighted by molar-refractivity contribution is -0.144. The quantitative estimate of drug-likeness (QED) is 0.611. The molecule has 0 saturated heterocycles. The maximum absolute atomic E-state index is 10.9. The van der Waals surface area contributed by atoms with Gasteiger partial charge in [-0.15, -0.1) is 0 Å². The first-order chi connectivity index (χ1) is 6.29. The molecule has 0 saturated carbocycles. The van der Waals surface area contributed by atoms with E-state index in [0.29, 0.717) is 12.5 Å². The van der Waals surface area contributed by atoms with Gasteiger partial charge < -0.3 is 5.11 Å². The van der Waals surface area contributed by atoms with Crippen LogP contribution < -0.4 is 0 Å². The Kier molecular flexibility index (Phi) is 2.19. The van der Waals surface area contributed by atoms with Crippen molar-refractivity contribution < 1.29 is 9.90 Å². The molecule has 3 nitrogen and oxygen atoms in total. The van der Waals surface area contributed by atoms with Crippen molar-refractivity contribution in [2.24, 2.45) is 0 Å². The van der Waals surface area contributed by atoms with Crippen molar-refractivity contribution in [2.45, 2.75) is 24.9 Å². The molecular weight excluding hydrogens is 166 g/mol. The number of carboxylic acids is 1. The molecule has 2 atom stereocenters. The highest BCUT2D eigenvalue weighted by Gasteiger charge is 2.31. The van der Waals surface area contributed by atoms with E-state index in [1.807, 2.05) is 17.1 Å². The fourth-order valence-corrected chi connectivity index (χ4v) is 1.99. The van der Waals surface area contributed by atoms with E-state index in [1.165, 1.54) is 0 Å². The highest BCUT2D eigenvalue weighted by atomic mass is 16.4. The molecule has 2 unspecified atom stereocenters. The van der Waals surface area contributed by atoms with Gasteiger partial charge in [-0.25, -0.2) is 0 Å². The molecule has 2 rings (SSSR count). The highest BCUT2D eigenvalue weighted by Crippen LogP contribution is 2.22. The normalized spacial score (nSPS) is 32.9. The van der Waals surface area contributed by atoms with Crippen LogP contribution in [0.3, 0.4) is 0 Å². The predicted octanol–water partition coefficient (Wildman–Crippen LogP) is 1.03. The number of nitrogens with zero attached hydrogens (tertiary/aromatic N) is 1. The summed E-state index contributed by atoms with van der Waals surface area (Å²) in [5.41, 5.74) is 0. The third kappa shape index (κ3) is 1.52. The van der Waals surface area contributed by atoms with Crippen molar-refractivity contribution in [3.05, 3.63) is 24.3 Å². The standard InChI is InChI=1S/C10H13NO2/c12-10(13)9-6-3-5-8-4-1-2-7-11(8)9/h1-3,5,8-9H,4,6-7H2,(H,12,13). The highest BCUT2D eigenvalue weighted by molar-refractivity contribution is 5.74. The Morgan fingerprint density at radius 1 is 1.31 bits per heavy atom. The Morgan fingerprint density at radius 3 is 2.92 bits per heavy atom. The molecule has 2 aliphatic heterocycles. The number of hydrogen-bond acceptors (Lipinski definition) is 2. The third-order valence-electron chi connectivity index (χ3n) is 2.69. The van der Waals surface area contributed by atoms with Crippen LogP contribution in [-0.4, -0.2) is 34.6 Å². The fraction of sp³-hybridized carbons (Fsp3) is 0.500. The molecule has 0 bridgehead atoms. The van der Waals surface area contributed by atoms with Gasteiger partial charge in [0.05, 0.1) is 0 Å². The van der Waals surface area contributed by atoms with E-state index in [2.05, 4.69) is 12.2 Å². The smallest absolute Gasteiger partial charge is 0.321 e. The SMILES string of the molecule is O=C(O)C1CC=CC2CC=CCN21. The van der Waals surface area contributed by atoms with Crippen LogP contribution in [0, 0.1) is 0 Å². The second kappa shape index (κ2) is 3.34. The zero-order valence-electron chi connectivity index (χ0n) is 7.39. The van der Waals surface area contributed by atoms with Crippen LogP contribution >= 0.6 is 0 Å².